The van der Waals surface area contributed by atoms with Crippen molar-refractivity contribution in [1.82, 2.24) is 0 Å². The van der Waals surface area contributed by atoms with Gasteiger partial charge >= 0.3 is 0 Å². The summed E-state index contributed by atoms with van der Waals surface area (Å²) < 4.78 is 19.0. The van der Waals surface area contributed by atoms with Gasteiger partial charge < -0.3 is 9.84 Å². The third-order valence-electron chi connectivity index (χ3n) is 2.66. The molecule has 0 fully saturated rings. The topological polar surface area (TPSA) is 29.5 Å². The third kappa shape index (κ3) is 4.11. The Morgan fingerprint density at radius 3 is 2.75 bits per heavy atom. The monoisotopic (exact) mass is 270 g/mol. The highest BCUT2D eigenvalue weighted by molar-refractivity contribution is 5.39. The zero-order valence-corrected chi connectivity index (χ0v) is 11.0. The van der Waals surface area contributed by atoms with Crippen molar-refractivity contribution in [3.05, 3.63) is 65.5 Å². The fourth-order valence-electron chi connectivity index (χ4n) is 1.66. The van der Waals surface area contributed by atoms with Crippen LogP contribution >= 0.6 is 0 Å². The fraction of sp³-hybridized carbons (Fsp3) is 0.176. The van der Waals surface area contributed by atoms with E-state index in [2.05, 4.69) is 11.8 Å². The summed E-state index contributed by atoms with van der Waals surface area (Å²) in [4.78, 5) is 0. The van der Waals surface area contributed by atoms with E-state index in [9.17, 15) is 4.39 Å². The van der Waals surface area contributed by atoms with Gasteiger partial charge in [-0.2, -0.15) is 0 Å². The van der Waals surface area contributed by atoms with Crippen molar-refractivity contribution in [3.8, 4) is 17.6 Å². The molecule has 0 amide bonds. The van der Waals surface area contributed by atoms with Crippen molar-refractivity contribution >= 4 is 0 Å². The van der Waals surface area contributed by atoms with E-state index in [0.717, 1.165) is 5.56 Å². The van der Waals surface area contributed by atoms with Gasteiger partial charge in [0.15, 0.2) is 0 Å². The molecule has 0 aromatic heterocycles. The smallest absolute Gasteiger partial charge is 0.129 e. The number of hydrogen-bond acceptors (Lipinski definition) is 2. The number of ether oxygens (including phenoxy) is 1. The van der Waals surface area contributed by atoms with E-state index >= 15 is 0 Å². The largest absolute Gasteiger partial charge is 0.489 e. The lowest BCUT2D eigenvalue weighted by Gasteiger charge is -2.07. The second kappa shape index (κ2) is 7.32. The molecule has 1 N–H and O–H groups in total. The molecule has 0 unspecified atom stereocenters. The Bertz CT molecular complexity index is 626. The standard InChI is InChI=1S/C17H15FO2/c18-17-10-2-1-8-15(17)13-20-16-9-5-7-14(12-16)6-3-4-11-19/h1-2,5,7-10,12,19H,4,11,13H2. The normalized spacial score (nSPS) is 9.70. The van der Waals surface area contributed by atoms with Gasteiger partial charge in [-0.1, -0.05) is 36.1 Å². The summed E-state index contributed by atoms with van der Waals surface area (Å²) in [5.74, 6) is 6.15. The summed E-state index contributed by atoms with van der Waals surface area (Å²) in [5.41, 5.74) is 1.33. The van der Waals surface area contributed by atoms with Crippen molar-refractivity contribution in [2.45, 2.75) is 13.0 Å². The van der Waals surface area contributed by atoms with Gasteiger partial charge in [0.2, 0.25) is 0 Å². The first kappa shape index (κ1) is 14.1. The molecule has 2 nitrogen and oxygen atoms in total. The van der Waals surface area contributed by atoms with Crippen molar-refractivity contribution < 1.29 is 14.2 Å². The Labute approximate surface area is 117 Å². The molecule has 0 radical (unpaired) electrons. The zero-order valence-electron chi connectivity index (χ0n) is 11.0. The molecule has 0 aliphatic heterocycles. The van der Waals surface area contributed by atoms with Gasteiger partial charge in [-0.3, -0.25) is 0 Å². The minimum atomic E-state index is -0.272. The molecule has 102 valence electrons. The molecule has 2 aromatic carbocycles. The maximum atomic E-state index is 13.5. The number of rotatable bonds is 4. The third-order valence-corrected chi connectivity index (χ3v) is 2.66. The molecule has 2 rings (SSSR count). The Kier molecular flexibility index (Phi) is 5.16. The molecule has 0 aliphatic rings. The van der Waals surface area contributed by atoms with Crippen LogP contribution in [-0.2, 0) is 6.61 Å². The molecular formula is C17H15FO2. The first-order chi connectivity index (χ1) is 9.79. The van der Waals surface area contributed by atoms with Gasteiger partial charge in [-0.15, -0.1) is 0 Å². The van der Waals surface area contributed by atoms with Crippen LogP contribution in [0.3, 0.4) is 0 Å². The summed E-state index contributed by atoms with van der Waals surface area (Å²) in [5, 5.41) is 8.67. The van der Waals surface area contributed by atoms with Crippen LogP contribution in [0.5, 0.6) is 5.75 Å². The van der Waals surface area contributed by atoms with E-state index in [1.165, 1.54) is 6.07 Å². The summed E-state index contributed by atoms with van der Waals surface area (Å²) in [7, 11) is 0. The summed E-state index contributed by atoms with van der Waals surface area (Å²) >= 11 is 0. The minimum Gasteiger partial charge on any atom is -0.489 e. The van der Waals surface area contributed by atoms with Crippen molar-refractivity contribution in [1.29, 1.82) is 0 Å². The average molecular weight is 270 g/mol. The van der Waals surface area contributed by atoms with Crippen LogP contribution in [-0.4, -0.2) is 11.7 Å². The van der Waals surface area contributed by atoms with Crippen molar-refractivity contribution in [2.75, 3.05) is 6.61 Å². The Morgan fingerprint density at radius 1 is 1.10 bits per heavy atom. The molecule has 0 saturated carbocycles. The molecule has 0 spiro atoms. The lowest BCUT2D eigenvalue weighted by molar-refractivity contribution is 0.300. The Hall–Kier alpha value is -2.31. The van der Waals surface area contributed by atoms with Gasteiger partial charge in [0.05, 0.1) is 6.61 Å². The van der Waals surface area contributed by atoms with Gasteiger partial charge in [0.1, 0.15) is 18.2 Å². The summed E-state index contributed by atoms with van der Waals surface area (Å²) in [6.07, 6.45) is 0.445. The average Bonchev–Trinajstić information content (AvgIpc) is 2.47. The lowest BCUT2D eigenvalue weighted by atomic mass is 10.2. The van der Waals surface area contributed by atoms with Gasteiger partial charge in [0.25, 0.3) is 0 Å². The second-order valence-electron chi connectivity index (χ2n) is 4.18. The van der Waals surface area contributed by atoms with Crippen LogP contribution in [0.25, 0.3) is 0 Å². The maximum absolute atomic E-state index is 13.5. The van der Waals surface area contributed by atoms with Crippen LogP contribution in [0.4, 0.5) is 4.39 Å². The van der Waals surface area contributed by atoms with E-state index in [-0.39, 0.29) is 19.0 Å². The molecule has 20 heavy (non-hydrogen) atoms. The number of benzene rings is 2. The number of halogens is 1. The van der Waals surface area contributed by atoms with Crippen LogP contribution in [0.1, 0.15) is 17.5 Å². The summed E-state index contributed by atoms with van der Waals surface area (Å²) in [6.45, 7) is 0.233. The SMILES string of the molecule is OCCC#Cc1cccc(OCc2ccccc2F)c1. The fourth-order valence-corrected chi connectivity index (χ4v) is 1.66. The Balaban J connectivity index is 2.02. The van der Waals surface area contributed by atoms with Gasteiger partial charge in [-0.05, 0) is 24.3 Å². The van der Waals surface area contributed by atoms with Crippen molar-refractivity contribution in [3.63, 3.8) is 0 Å². The van der Waals surface area contributed by atoms with Crippen LogP contribution < -0.4 is 4.74 Å². The van der Waals surface area contributed by atoms with Gasteiger partial charge in [0, 0.05) is 17.5 Å². The molecular weight excluding hydrogens is 255 g/mol. The number of aliphatic hydroxyl groups excluding tert-OH is 1. The predicted octanol–water partition coefficient (Wildman–Crippen LogP) is 3.14. The highest BCUT2D eigenvalue weighted by atomic mass is 19.1. The molecule has 0 saturated heterocycles. The number of aliphatic hydroxyl groups is 1. The highest BCUT2D eigenvalue weighted by Gasteiger charge is 2.01. The maximum Gasteiger partial charge on any atom is 0.129 e. The van der Waals surface area contributed by atoms with Crippen LogP contribution in [0.2, 0.25) is 0 Å². The van der Waals surface area contributed by atoms with Crippen molar-refractivity contribution in [2.24, 2.45) is 0 Å². The van der Waals surface area contributed by atoms with E-state index in [4.69, 9.17) is 9.84 Å². The Morgan fingerprint density at radius 2 is 1.95 bits per heavy atom. The summed E-state index contributed by atoms with van der Waals surface area (Å²) in [6, 6.07) is 13.8. The molecule has 0 heterocycles. The van der Waals surface area contributed by atoms with E-state index in [0.29, 0.717) is 17.7 Å². The molecule has 3 heteroatoms. The van der Waals surface area contributed by atoms with E-state index in [1.54, 1.807) is 30.3 Å². The molecule has 0 bridgehead atoms. The highest BCUT2D eigenvalue weighted by Crippen LogP contribution is 2.15. The first-order valence-corrected chi connectivity index (χ1v) is 6.35. The van der Waals surface area contributed by atoms with E-state index in [1.807, 2.05) is 12.1 Å². The van der Waals surface area contributed by atoms with Gasteiger partial charge in [-0.25, -0.2) is 4.39 Å². The van der Waals surface area contributed by atoms with E-state index < -0.39 is 0 Å². The predicted molar refractivity (Wildman–Crippen MR) is 75.8 cm³/mol. The quantitative estimate of drug-likeness (QED) is 0.865. The van der Waals surface area contributed by atoms with Crippen LogP contribution in [0.15, 0.2) is 48.5 Å². The number of hydrogen-bond donors (Lipinski definition) is 1. The molecule has 0 aliphatic carbocycles. The lowest BCUT2D eigenvalue weighted by Crippen LogP contribution is -1.98. The molecule has 2 aromatic rings. The molecule has 0 atom stereocenters. The van der Waals surface area contributed by atoms with Crippen LogP contribution in [0, 0.1) is 17.7 Å². The zero-order chi connectivity index (χ0) is 14.2. The first-order valence-electron chi connectivity index (χ1n) is 6.35. The minimum absolute atomic E-state index is 0.0521. The second-order valence-corrected chi connectivity index (χ2v) is 4.18.